The molecular formula is C19H27N5O2S. The van der Waals surface area contributed by atoms with Crippen molar-refractivity contribution < 1.29 is 8.42 Å². The topological polar surface area (TPSA) is 69.6 Å². The molecule has 0 N–H and O–H groups in total. The monoisotopic (exact) mass is 389 g/mol. The number of sulfonamides is 1. The van der Waals surface area contributed by atoms with Gasteiger partial charge >= 0.3 is 0 Å². The van der Waals surface area contributed by atoms with Crippen molar-refractivity contribution in [1.82, 2.24) is 14.3 Å². The van der Waals surface area contributed by atoms with E-state index in [0.29, 0.717) is 12.5 Å². The molecule has 2 aromatic rings. The smallest absolute Gasteiger partial charge is 0.244 e. The molecule has 1 fully saturated rings. The van der Waals surface area contributed by atoms with Crippen LogP contribution in [0.3, 0.4) is 0 Å². The van der Waals surface area contributed by atoms with Crippen LogP contribution < -0.4 is 9.80 Å². The molecule has 0 amide bonds. The fourth-order valence-electron chi connectivity index (χ4n) is 3.36. The molecule has 3 rings (SSSR count). The van der Waals surface area contributed by atoms with E-state index in [9.17, 15) is 8.42 Å². The summed E-state index contributed by atoms with van der Waals surface area (Å²) in [7, 11) is 1.89. The Kier molecular flexibility index (Phi) is 5.96. The molecule has 8 heteroatoms. The molecule has 0 bridgehead atoms. The van der Waals surface area contributed by atoms with Crippen molar-refractivity contribution in [3.05, 3.63) is 42.9 Å². The molecule has 0 saturated carbocycles. The number of rotatable bonds is 6. The van der Waals surface area contributed by atoms with Gasteiger partial charge in [-0.05, 0) is 43.0 Å². The average Bonchev–Trinajstić information content (AvgIpc) is 2.69. The summed E-state index contributed by atoms with van der Waals surface area (Å²) in [4.78, 5) is 12.7. The molecule has 0 aromatic carbocycles. The second-order valence-corrected chi connectivity index (χ2v) is 9.21. The van der Waals surface area contributed by atoms with E-state index in [2.05, 4.69) is 14.9 Å². The zero-order chi connectivity index (χ0) is 19.4. The van der Waals surface area contributed by atoms with Crippen LogP contribution in [-0.4, -0.2) is 63.5 Å². The molecule has 1 aliphatic rings. The molecule has 27 heavy (non-hydrogen) atoms. The lowest BCUT2D eigenvalue weighted by Crippen LogP contribution is -2.39. The van der Waals surface area contributed by atoms with Crippen LogP contribution in [0.4, 0.5) is 11.5 Å². The van der Waals surface area contributed by atoms with Gasteiger partial charge in [-0.15, -0.1) is 0 Å². The molecule has 0 radical (unpaired) electrons. The molecular weight excluding hydrogens is 362 g/mol. The highest BCUT2D eigenvalue weighted by atomic mass is 32.2. The van der Waals surface area contributed by atoms with E-state index in [1.54, 1.807) is 31.6 Å². The third kappa shape index (κ3) is 4.56. The normalized spacial score (nSPS) is 15.9. The van der Waals surface area contributed by atoms with Gasteiger partial charge in [-0.25, -0.2) is 17.7 Å². The van der Waals surface area contributed by atoms with E-state index in [1.807, 2.05) is 31.1 Å². The van der Waals surface area contributed by atoms with E-state index < -0.39 is 10.0 Å². The number of piperidine rings is 1. The summed E-state index contributed by atoms with van der Waals surface area (Å²) >= 11 is 0. The fourth-order valence-corrected chi connectivity index (χ4v) is 4.55. The van der Waals surface area contributed by atoms with E-state index in [0.717, 1.165) is 31.7 Å². The highest BCUT2D eigenvalue weighted by molar-refractivity contribution is 7.89. The largest absolute Gasteiger partial charge is 0.371 e. The minimum Gasteiger partial charge on any atom is -0.371 e. The Morgan fingerprint density at radius 2 is 1.74 bits per heavy atom. The third-order valence-corrected chi connectivity index (χ3v) is 6.85. The maximum Gasteiger partial charge on any atom is 0.244 e. The third-order valence-electron chi connectivity index (χ3n) is 5.04. The molecule has 0 atom stereocenters. The van der Waals surface area contributed by atoms with Crippen LogP contribution in [0.1, 0.15) is 12.8 Å². The van der Waals surface area contributed by atoms with Crippen LogP contribution >= 0.6 is 0 Å². The Morgan fingerprint density at radius 3 is 2.30 bits per heavy atom. The molecule has 1 saturated heterocycles. The number of aromatic nitrogens is 2. The van der Waals surface area contributed by atoms with E-state index in [-0.39, 0.29) is 4.90 Å². The van der Waals surface area contributed by atoms with Crippen LogP contribution in [0.15, 0.2) is 47.8 Å². The fraction of sp³-hybridized carbons (Fsp3) is 0.474. The summed E-state index contributed by atoms with van der Waals surface area (Å²) in [6.07, 6.45) is 6.99. The van der Waals surface area contributed by atoms with E-state index in [1.165, 1.54) is 16.2 Å². The summed E-state index contributed by atoms with van der Waals surface area (Å²) in [5, 5.41) is 0. The zero-order valence-corrected chi connectivity index (χ0v) is 16.9. The summed E-state index contributed by atoms with van der Waals surface area (Å²) in [5.41, 5.74) is 1.18. The van der Waals surface area contributed by atoms with Crippen molar-refractivity contribution in [2.24, 2.45) is 5.92 Å². The van der Waals surface area contributed by atoms with Gasteiger partial charge in [0.25, 0.3) is 0 Å². The van der Waals surface area contributed by atoms with Gasteiger partial charge in [-0.2, -0.15) is 0 Å². The number of pyridine rings is 2. The summed E-state index contributed by atoms with van der Waals surface area (Å²) in [6, 6.07) is 7.39. The van der Waals surface area contributed by atoms with Gasteiger partial charge < -0.3 is 9.80 Å². The molecule has 0 spiro atoms. The van der Waals surface area contributed by atoms with Gasteiger partial charge in [0, 0.05) is 65.1 Å². The number of anilines is 2. The van der Waals surface area contributed by atoms with Crippen LogP contribution in [0.5, 0.6) is 0 Å². The number of hydrogen-bond acceptors (Lipinski definition) is 6. The summed E-state index contributed by atoms with van der Waals surface area (Å²) in [6.45, 7) is 2.39. The first-order valence-electron chi connectivity index (χ1n) is 9.12. The van der Waals surface area contributed by atoms with Crippen molar-refractivity contribution >= 4 is 21.5 Å². The lowest BCUT2D eigenvalue weighted by atomic mass is 9.96. The van der Waals surface area contributed by atoms with Gasteiger partial charge in [0.15, 0.2) is 0 Å². The quantitative estimate of drug-likeness (QED) is 0.753. The lowest BCUT2D eigenvalue weighted by molar-refractivity contribution is 0.328. The summed E-state index contributed by atoms with van der Waals surface area (Å²) in [5.74, 6) is 1.09. The molecule has 0 aliphatic carbocycles. The minimum atomic E-state index is -3.52. The van der Waals surface area contributed by atoms with Crippen molar-refractivity contribution in [2.75, 3.05) is 50.6 Å². The van der Waals surface area contributed by atoms with Crippen LogP contribution in [0.25, 0.3) is 0 Å². The molecule has 2 aromatic heterocycles. The molecule has 7 nitrogen and oxygen atoms in total. The number of hydrogen-bond donors (Lipinski definition) is 0. The van der Waals surface area contributed by atoms with Crippen LogP contribution in [-0.2, 0) is 10.0 Å². The minimum absolute atomic E-state index is 0.241. The van der Waals surface area contributed by atoms with Gasteiger partial charge in [0.05, 0.1) is 0 Å². The maximum absolute atomic E-state index is 12.8. The summed E-state index contributed by atoms with van der Waals surface area (Å²) < 4.78 is 27.1. The standard InChI is InChI=1S/C19H27N5O2S/c1-22(2)19-5-4-18(14-21-19)27(25,26)23(3)15-16-8-12-24(13-9-16)17-6-10-20-11-7-17/h4-7,10-11,14,16H,8-9,12-13,15H2,1-3H3. The number of nitrogens with zero attached hydrogens (tertiary/aromatic N) is 5. The predicted molar refractivity (Wildman–Crippen MR) is 108 cm³/mol. The van der Waals surface area contributed by atoms with Gasteiger partial charge in [-0.3, -0.25) is 4.98 Å². The Labute approximate surface area is 161 Å². The zero-order valence-electron chi connectivity index (χ0n) is 16.1. The molecule has 1 aliphatic heterocycles. The molecule has 0 unspecified atom stereocenters. The lowest BCUT2D eigenvalue weighted by Gasteiger charge is -2.35. The second-order valence-electron chi connectivity index (χ2n) is 7.17. The van der Waals surface area contributed by atoms with Crippen molar-refractivity contribution in [2.45, 2.75) is 17.7 Å². The van der Waals surface area contributed by atoms with Crippen molar-refractivity contribution in [3.63, 3.8) is 0 Å². The first-order chi connectivity index (χ1) is 12.9. The van der Waals surface area contributed by atoms with Crippen molar-refractivity contribution in [3.8, 4) is 0 Å². The van der Waals surface area contributed by atoms with E-state index in [4.69, 9.17) is 0 Å². The van der Waals surface area contributed by atoms with Crippen LogP contribution in [0.2, 0.25) is 0 Å². The first-order valence-corrected chi connectivity index (χ1v) is 10.6. The average molecular weight is 390 g/mol. The molecule has 146 valence electrons. The second kappa shape index (κ2) is 8.22. The highest BCUT2D eigenvalue weighted by Gasteiger charge is 2.27. The Morgan fingerprint density at radius 1 is 1.07 bits per heavy atom. The SMILES string of the molecule is CN(C)c1ccc(S(=O)(=O)N(C)CC2CCN(c3ccncc3)CC2)cn1. The highest BCUT2D eigenvalue weighted by Crippen LogP contribution is 2.25. The van der Waals surface area contributed by atoms with E-state index >= 15 is 0 Å². The van der Waals surface area contributed by atoms with Gasteiger partial charge in [0.2, 0.25) is 10.0 Å². The Bertz CT molecular complexity index is 832. The Balaban J connectivity index is 1.59. The van der Waals surface area contributed by atoms with Crippen LogP contribution in [0, 0.1) is 5.92 Å². The Hall–Kier alpha value is -2.19. The predicted octanol–water partition coefficient (Wildman–Crippen LogP) is 2.08. The first kappa shape index (κ1) is 19.6. The molecule has 3 heterocycles. The van der Waals surface area contributed by atoms with Gasteiger partial charge in [-0.1, -0.05) is 0 Å². The maximum atomic E-state index is 12.8. The van der Waals surface area contributed by atoms with Crippen molar-refractivity contribution in [1.29, 1.82) is 0 Å². The van der Waals surface area contributed by atoms with Gasteiger partial charge in [0.1, 0.15) is 10.7 Å².